The topological polar surface area (TPSA) is 52.6 Å². The molecule has 0 fully saturated rings. The summed E-state index contributed by atoms with van der Waals surface area (Å²) >= 11 is 1.57. The minimum atomic E-state index is -0.464. The minimum absolute atomic E-state index is 0.0681. The predicted molar refractivity (Wildman–Crippen MR) is 98.2 cm³/mol. The highest BCUT2D eigenvalue weighted by atomic mass is 32.2. The van der Waals surface area contributed by atoms with Gasteiger partial charge in [0.25, 0.3) is 0 Å². The van der Waals surface area contributed by atoms with Crippen molar-refractivity contribution in [2.75, 3.05) is 24.7 Å². The van der Waals surface area contributed by atoms with E-state index in [0.29, 0.717) is 11.3 Å². The van der Waals surface area contributed by atoms with E-state index in [1.807, 2.05) is 0 Å². The number of carbonyl (C=O) groups is 2. The third-order valence-corrected chi connectivity index (χ3v) is 4.29. The molecule has 0 heterocycles. The van der Waals surface area contributed by atoms with E-state index in [1.54, 1.807) is 18.7 Å². The Morgan fingerprint density at radius 2 is 1.75 bits per heavy atom. The first-order valence-electron chi connectivity index (χ1n) is 8.10. The molecule has 0 saturated heterocycles. The van der Waals surface area contributed by atoms with Gasteiger partial charge in [-0.05, 0) is 44.4 Å². The van der Waals surface area contributed by atoms with Crippen LogP contribution >= 0.6 is 11.8 Å². The molecule has 1 rings (SSSR count). The molecule has 0 saturated carbocycles. The van der Waals surface area contributed by atoms with Gasteiger partial charge < -0.3 is 9.47 Å². The fourth-order valence-corrected chi connectivity index (χ4v) is 2.70. The lowest BCUT2D eigenvalue weighted by molar-refractivity contribution is -0.148. The fourth-order valence-electron chi connectivity index (χ4n) is 1.90. The Labute approximate surface area is 148 Å². The summed E-state index contributed by atoms with van der Waals surface area (Å²) in [5.74, 6) is 0.531. The fraction of sp³-hybridized carbons (Fsp3) is 0.474. The van der Waals surface area contributed by atoms with E-state index in [1.165, 1.54) is 11.1 Å². The lowest BCUT2D eigenvalue weighted by Gasteiger charge is -2.06. The number of benzene rings is 1. The zero-order chi connectivity index (χ0) is 17.8. The summed E-state index contributed by atoms with van der Waals surface area (Å²) in [6.45, 7) is 7.29. The maximum atomic E-state index is 11.5. The molecule has 1 aromatic rings. The quantitative estimate of drug-likeness (QED) is 0.346. The number of carbonyl (C=O) groups excluding carboxylic acids is 2. The monoisotopic (exact) mass is 350 g/mol. The number of unbranched alkanes of at least 4 members (excludes halogenated alkanes) is 1. The Kier molecular flexibility index (Phi) is 9.92. The Morgan fingerprint density at radius 3 is 2.42 bits per heavy atom. The average molecular weight is 350 g/mol. The number of esters is 2. The smallest absolute Gasteiger partial charge is 0.333 e. The van der Waals surface area contributed by atoms with Crippen LogP contribution in [0.2, 0.25) is 0 Å². The van der Waals surface area contributed by atoms with Gasteiger partial charge in [0.15, 0.2) is 0 Å². The van der Waals surface area contributed by atoms with Crippen molar-refractivity contribution in [1.82, 2.24) is 0 Å². The van der Waals surface area contributed by atoms with Gasteiger partial charge in [-0.1, -0.05) is 36.4 Å². The van der Waals surface area contributed by atoms with Crippen LogP contribution in [0.15, 0.2) is 36.4 Å². The van der Waals surface area contributed by atoms with E-state index < -0.39 is 5.97 Å². The van der Waals surface area contributed by atoms with Crippen molar-refractivity contribution in [2.24, 2.45) is 0 Å². The third kappa shape index (κ3) is 9.40. The molecule has 0 unspecified atom stereocenters. The molecule has 0 radical (unpaired) electrons. The maximum absolute atomic E-state index is 11.5. The second-order valence-corrected chi connectivity index (χ2v) is 6.74. The summed E-state index contributed by atoms with van der Waals surface area (Å²) in [6, 6.07) is 8.60. The van der Waals surface area contributed by atoms with Crippen LogP contribution in [0.4, 0.5) is 0 Å². The number of hydrogen-bond donors (Lipinski definition) is 0. The molecule has 24 heavy (non-hydrogen) atoms. The van der Waals surface area contributed by atoms with Crippen LogP contribution < -0.4 is 0 Å². The van der Waals surface area contributed by atoms with Gasteiger partial charge in [-0.3, -0.25) is 4.79 Å². The lowest BCUT2D eigenvalue weighted by atomic mass is 10.1. The molecule has 1 aromatic carbocycles. The predicted octanol–water partition coefficient (Wildman–Crippen LogP) is 3.71. The number of aryl methyl sites for hydroxylation is 2. The molecule has 0 bridgehead atoms. The van der Waals surface area contributed by atoms with E-state index >= 15 is 0 Å². The minimum Gasteiger partial charge on any atom is -0.461 e. The second-order valence-electron chi connectivity index (χ2n) is 5.63. The van der Waals surface area contributed by atoms with Crippen LogP contribution in [0.1, 0.15) is 30.9 Å². The van der Waals surface area contributed by atoms with Crippen LogP contribution in [0.25, 0.3) is 0 Å². The summed E-state index contributed by atoms with van der Waals surface area (Å²) in [4.78, 5) is 22.6. The van der Waals surface area contributed by atoms with E-state index in [2.05, 4.69) is 37.8 Å². The first-order chi connectivity index (χ1) is 11.5. The summed E-state index contributed by atoms with van der Waals surface area (Å²) in [5.41, 5.74) is 2.97. The molecular weight excluding hydrogens is 324 g/mol. The van der Waals surface area contributed by atoms with Gasteiger partial charge in [0, 0.05) is 5.57 Å². The van der Waals surface area contributed by atoms with Crippen molar-refractivity contribution in [1.29, 1.82) is 0 Å². The number of rotatable bonds is 11. The second kappa shape index (κ2) is 11.7. The van der Waals surface area contributed by atoms with Crippen LogP contribution in [0, 0.1) is 6.92 Å². The highest BCUT2D eigenvalue weighted by molar-refractivity contribution is 7.99. The molecule has 4 nitrogen and oxygen atoms in total. The van der Waals surface area contributed by atoms with Gasteiger partial charge in [-0.25, -0.2) is 4.79 Å². The van der Waals surface area contributed by atoms with E-state index in [4.69, 9.17) is 9.47 Å². The average Bonchev–Trinajstić information content (AvgIpc) is 2.56. The first kappa shape index (κ1) is 20.3. The van der Waals surface area contributed by atoms with E-state index in [9.17, 15) is 9.59 Å². The van der Waals surface area contributed by atoms with Crippen molar-refractivity contribution >= 4 is 23.7 Å². The van der Waals surface area contributed by atoms with Crippen LogP contribution in [-0.4, -0.2) is 36.7 Å². The number of ether oxygens (including phenoxy) is 2. The van der Waals surface area contributed by atoms with Gasteiger partial charge in [0.2, 0.25) is 0 Å². The number of hydrogen-bond acceptors (Lipinski definition) is 5. The van der Waals surface area contributed by atoms with Gasteiger partial charge in [0.05, 0.1) is 5.75 Å². The SMILES string of the molecule is C=C(C)C(=O)OCCOC(=O)CSCCCCc1ccc(C)cc1. The van der Waals surface area contributed by atoms with Crippen molar-refractivity contribution in [2.45, 2.75) is 33.1 Å². The standard InChI is InChI=1S/C19H26O4S/c1-15(2)19(21)23-12-11-22-18(20)14-24-13-5-4-6-17-9-7-16(3)8-10-17/h7-10H,1,4-6,11-14H2,2-3H3. The van der Waals surface area contributed by atoms with Crippen LogP contribution in [0.5, 0.6) is 0 Å². The zero-order valence-corrected chi connectivity index (χ0v) is 15.3. The molecule has 5 heteroatoms. The van der Waals surface area contributed by atoms with E-state index in [0.717, 1.165) is 25.0 Å². The van der Waals surface area contributed by atoms with Crippen molar-refractivity contribution in [3.8, 4) is 0 Å². The molecule has 0 amide bonds. The summed E-state index contributed by atoms with van der Waals surface area (Å²) in [6.07, 6.45) is 3.25. The van der Waals surface area contributed by atoms with Gasteiger partial charge >= 0.3 is 11.9 Å². The first-order valence-corrected chi connectivity index (χ1v) is 9.26. The molecular formula is C19H26O4S. The Bertz CT molecular complexity index is 537. The molecule has 0 spiro atoms. The highest BCUT2D eigenvalue weighted by Gasteiger charge is 2.05. The van der Waals surface area contributed by atoms with Crippen LogP contribution in [0.3, 0.4) is 0 Å². The Morgan fingerprint density at radius 1 is 1.08 bits per heavy atom. The van der Waals surface area contributed by atoms with Crippen molar-refractivity contribution < 1.29 is 19.1 Å². The van der Waals surface area contributed by atoms with Crippen molar-refractivity contribution in [3.05, 3.63) is 47.5 Å². The molecule has 0 atom stereocenters. The molecule has 0 aliphatic carbocycles. The molecule has 132 valence electrons. The summed E-state index contributed by atoms with van der Waals surface area (Å²) in [5, 5.41) is 0. The maximum Gasteiger partial charge on any atom is 0.333 e. The molecule has 0 aromatic heterocycles. The van der Waals surface area contributed by atoms with E-state index in [-0.39, 0.29) is 19.2 Å². The zero-order valence-electron chi connectivity index (χ0n) is 14.5. The van der Waals surface area contributed by atoms with Gasteiger partial charge in [0.1, 0.15) is 13.2 Å². The highest BCUT2D eigenvalue weighted by Crippen LogP contribution is 2.10. The van der Waals surface area contributed by atoms with Crippen molar-refractivity contribution in [3.63, 3.8) is 0 Å². The van der Waals surface area contributed by atoms with Gasteiger partial charge in [-0.2, -0.15) is 11.8 Å². The molecule has 0 N–H and O–H groups in total. The Hall–Kier alpha value is -1.75. The van der Waals surface area contributed by atoms with Crippen LogP contribution in [-0.2, 0) is 25.5 Å². The normalized spacial score (nSPS) is 10.2. The van der Waals surface area contributed by atoms with Gasteiger partial charge in [-0.15, -0.1) is 0 Å². The third-order valence-electron chi connectivity index (χ3n) is 3.27. The summed E-state index contributed by atoms with van der Waals surface area (Å²) < 4.78 is 9.83. The molecule has 0 aliphatic heterocycles. The lowest BCUT2D eigenvalue weighted by Crippen LogP contribution is -2.15. The summed E-state index contributed by atoms with van der Waals surface area (Å²) in [7, 11) is 0. The Balaban J connectivity index is 1.96. The molecule has 0 aliphatic rings. The largest absolute Gasteiger partial charge is 0.461 e. The number of thioether (sulfide) groups is 1.